The Bertz CT molecular complexity index is 150. The van der Waals surface area contributed by atoms with Crippen molar-refractivity contribution < 1.29 is 4.74 Å². The molecule has 1 saturated carbocycles. The van der Waals surface area contributed by atoms with Crippen LogP contribution in [-0.4, -0.2) is 18.2 Å². The van der Waals surface area contributed by atoms with Crippen LogP contribution in [0.1, 0.15) is 46.5 Å². The highest BCUT2D eigenvalue weighted by atomic mass is 16.5. The Kier molecular flexibility index (Phi) is 3.74. The molecule has 2 nitrogen and oxygen atoms in total. The summed E-state index contributed by atoms with van der Waals surface area (Å²) in [4.78, 5) is 0. The van der Waals surface area contributed by atoms with Gasteiger partial charge >= 0.3 is 0 Å². The second-order valence-electron chi connectivity index (χ2n) is 4.66. The van der Waals surface area contributed by atoms with Gasteiger partial charge in [0.25, 0.3) is 0 Å². The summed E-state index contributed by atoms with van der Waals surface area (Å²) in [6.07, 6.45) is 5.20. The molecule has 0 saturated heterocycles. The van der Waals surface area contributed by atoms with E-state index in [1.54, 1.807) is 0 Å². The topological polar surface area (TPSA) is 35.2 Å². The van der Waals surface area contributed by atoms with Gasteiger partial charge in [0, 0.05) is 6.54 Å². The van der Waals surface area contributed by atoms with Gasteiger partial charge in [-0.05, 0) is 25.7 Å². The van der Waals surface area contributed by atoms with E-state index in [1.807, 2.05) is 0 Å². The highest BCUT2D eigenvalue weighted by Gasteiger charge is 2.35. The first kappa shape index (κ1) is 11.0. The minimum atomic E-state index is 0.0175. The van der Waals surface area contributed by atoms with E-state index >= 15 is 0 Å². The standard InChI is InChI=1S/C11H23NO/c1-9(2)10(3)13-11(8-12)6-4-5-7-11/h9-10H,4-8,12H2,1-3H3. The minimum Gasteiger partial charge on any atom is -0.370 e. The molecule has 1 aliphatic carbocycles. The molecule has 0 aromatic heterocycles. The molecular formula is C11H23NO. The average molecular weight is 185 g/mol. The van der Waals surface area contributed by atoms with Gasteiger partial charge in [0.15, 0.2) is 0 Å². The van der Waals surface area contributed by atoms with Gasteiger partial charge in [-0.15, -0.1) is 0 Å². The SMILES string of the molecule is CC(C)C(C)OC1(CN)CCCC1. The predicted molar refractivity (Wildman–Crippen MR) is 55.6 cm³/mol. The molecule has 13 heavy (non-hydrogen) atoms. The first-order valence-corrected chi connectivity index (χ1v) is 5.47. The zero-order chi connectivity index (χ0) is 9.90. The lowest BCUT2D eigenvalue weighted by atomic mass is 10.0. The lowest BCUT2D eigenvalue weighted by molar-refractivity contribution is -0.0932. The van der Waals surface area contributed by atoms with Gasteiger partial charge in [-0.3, -0.25) is 0 Å². The largest absolute Gasteiger partial charge is 0.370 e. The molecular weight excluding hydrogens is 162 g/mol. The molecule has 0 aliphatic heterocycles. The maximum absolute atomic E-state index is 6.08. The second kappa shape index (κ2) is 4.43. The van der Waals surface area contributed by atoms with E-state index in [0.717, 1.165) is 12.8 Å². The fourth-order valence-electron chi connectivity index (χ4n) is 1.92. The molecule has 1 aliphatic rings. The van der Waals surface area contributed by atoms with Crippen LogP contribution in [0.25, 0.3) is 0 Å². The van der Waals surface area contributed by atoms with Crippen molar-refractivity contribution >= 4 is 0 Å². The monoisotopic (exact) mass is 185 g/mol. The summed E-state index contributed by atoms with van der Waals surface area (Å²) in [5.41, 5.74) is 5.81. The van der Waals surface area contributed by atoms with Crippen molar-refractivity contribution in [1.82, 2.24) is 0 Å². The molecule has 2 heteroatoms. The Labute approximate surface area is 81.8 Å². The van der Waals surface area contributed by atoms with E-state index in [2.05, 4.69) is 20.8 Å². The number of hydrogen-bond donors (Lipinski definition) is 1. The lowest BCUT2D eigenvalue weighted by Crippen LogP contribution is -2.41. The van der Waals surface area contributed by atoms with Gasteiger partial charge in [-0.1, -0.05) is 26.7 Å². The first-order valence-electron chi connectivity index (χ1n) is 5.47. The number of nitrogens with two attached hydrogens (primary N) is 1. The molecule has 0 spiro atoms. The normalized spacial score (nSPS) is 23.8. The van der Waals surface area contributed by atoms with Gasteiger partial charge in [0.1, 0.15) is 0 Å². The van der Waals surface area contributed by atoms with E-state index in [9.17, 15) is 0 Å². The van der Waals surface area contributed by atoms with Crippen LogP contribution in [0.5, 0.6) is 0 Å². The van der Waals surface area contributed by atoms with Crippen molar-refractivity contribution in [1.29, 1.82) is 0 Å². The van der Waals surface area contributed by atoms with E-state index in [-0.39, 0.29) is 5.60 Å². The van der Waals surface area contributed by atoms with Crippen LogP contribution in [0, 0.1) is 5.92 Å². The summed E-state index contributed by atoms with van der Waals surface area (Å²) in [7, 11) is 0. The van der Waals surface area contributed by atoms with Crippen molar-refractivity contribution in [2.75, 3.05) is 6.54 Å². The number of rotatable bonds is 4. The summed E-state index contributed by atoms with van der Waals surface area (Å²) in [5.74, 6) is 0.587. The van der Waals surface area contributed by atoms with Gasteiger partial charge < -0.3 is 10.5 Å². The third-order valence-electron chi connectivity index (χ3n) is 3.26. The molecule has 0 bridgehead atoms. The van der Waals surface area contributed by atoms with E-state index in [4.69, 9.17) is 10.5 Å². The van der Waals surface area contributed by atoms with Gasteiger partial charge in [-0.2, -0.15) is 0 Å². The molecule has 1 rings (SSSR count). The van der Waals surface area contributed by atoms with Crippen LogP contribution in [0.3, 0.4) is 0 Å². The maximum Gasteiger partial charge on any atom is 0.0807 e. The number of ether oxygens (including phenoxy) is 1. The van der Waals surface area contributed by atoms with Crippen LogP contribution in [0.4, 0.5) is 0 Å². The van der Waals surface area contributed by atoms with Crippen LogP contribution < -0.4 is 5.73 Å². The van der Waals surface area contributed by atoms with Crippen LogP contribution in [-0.2, 0) is 4.74 Å². The molecule has 1 fully saturated rings. The van der Waals surface area contributed by atoms with Crippen LogP contribution >= 0.6 is 0 Å². The maximum atomic E-state index is 6.08. The van der Waals surface area contributed by atoms with Crippen molar-refractivity contribution in [2.24, 2.45) is 11.7 Å². The van der Waals surface area contributed by atoms with E-state index < -0.39 is 0 Å². The first-order chi connectivity index (χ1) is 6.09. The molecule has 0 aromatic carbocycles. The summed E-state index contributed by atoms with van der Waals surface area (Å²) in [6, 6.07) is 0. The summed E-state index contributed by atoms with van der Waals surface area (Å²) in [5, 5.41) is 0. The second-order valence-corrected chi connectivity index (χ2v) is 4.66. The van der Waals surface area contributed by atoms with Crippen molar-refractivity contribution in [2.45, 2.75) is 58.2 Å². The van der Waals surface area contributed by atoms with E-state index in [1.165, 1.54) is 12.8 Å². The Balaban J connectivity index is 2.48. The summed E-state index contributed by atoms with van der Waals surface area (Å²) < 4.78 is 6.08. The zero-order valence-electron chi connectivity index (χ0n) is 9.18. The smallest absolute Gasteiger partial charge is 0.0807 e. The van der Waals surface area contributed by atoms with Gasteiger partial charge in [-0.25, -0.2) is 0 Å². The van der Waals surface area contributed by atoms with Crippen molar-refractivity contribution in [3.8, 4) is 0 Å². The fourth-order valence-corrected chi connectivity index (χ4v) is 1.92. The molecule has 1 atom stereocenters. The van der Waals surface area contributed by atoms with Crippen molar-refractivity contribution in [3.63, 3.8) is 0 Å². The lowest BCUT2D eigenvalue weighted by Gasteiger charge is -2.33. The zero-order valence-corrected chi connectivity index (χ0v) is 9.18. The predicted octanol–water partition coefficient (Wildman–Crippen LogP) is 2.32. The molecule has 0 radical (unpaired) electrons. The molecule has 2 N–H and O–H groups in total. The summed E-state index contributed by atoms with van der Waals surface area (Å²) >= 11 is 0. The molecule has 0 heterocycles. The third-order valence-corrected chi connectivity index (χ3v) is 3.26. The van der Waals surface area contributed by atoms with Gasteiger partial charge in [0.2, 0.25) is 0 Å². The molecule has 0 aromatic rings. The third kappa shape index (κ3) is 2.68. The van der Waals surface area contributed by atoms with Crippen LogP contribution in [0.15, 0.2) is 0 Å². The highest BCUT2D eigenvalue weighted by molar-refractivity contribution is 4.88. The molecule has 0 amide bonds. The Hall–Kier alpha value is -0.0800. The Morgan fingerprint density at radius 3 is 2.15 bits per heavy atom. The molecule has 78 valence electrons. The van der Waals surface area contributed by atoms with Gasteiger partial charge in [0.05, 0.1) is 11.7 Å². The Morgan fingerprint density at radius 2 is 1.77 bits per heavy atom. The Morgan fingerprint density at radius 1 is 1.23 bits per heavy atom. The van der Waals surface area contributed by atoms with E-state index in [0.29, 0.717) is 18.6 Å². The number of hydrogen-bond acceptors (Lipinski definition) is 2. The van der Waals surface area contributed by atoms with Crippen molar-refractivity contribution in [3.05, 3.63) is 0 Å². The quantitative estimate of drug-likeness (QED) is 0.729. The minimum absolute atomic E-state index is 0.0175. The fraction of sp³-hybridized carbons (Fsp3) is 1.00. The summed E-state index contributed by atoms with van der Waals surface area (Å²) in [6.45, 7) is 7.23. The van der Waals surface area contributed by atoms with Crippen LogP contribution in [0.2, 0.25) is 0 Å². The highest BCUT2D eigenvalue weighted by Crippen LogP contribution is 2.34. The molecule has 1 unspecified atom stereocenters. The average Bonchev–Trinajstić information content (AvgIpc) is 2.54.